The van der Waals surface area contributed by atoms with Crippen LogP contribution in [0.25, 0.3) is 0 Å². The van der Waals surface area contributed by atoms with E-state index in [9.17, 15) is 4.79 Å². The summed E-state index contributed by atoms with van der Waals surface area (Å²) in [5.74, 6) is 0.657. The molecule has 1 heterocycles. The Hall–Kier alpha value is -0.490. The molecule has 0 unspecified atom stereocenters. The van der Waals surface area contributed by atoms with Gasteiger partial charge in [-0.3, -0.25) is 15.2 Å². The number of halogens is 3. The highest BCUT2D eigenvalue weighted by molar-refractivity contribution is 7.98. The second-order valence-corrected chi connectivity index (χ2v) is 6.94. The van der Waals surface area contributed by atoms with Gasteiger partial charge in [0.25, 0.3) is 9.70 Å². The maximum atomic E-state index is 11.3. The lowest BCUT2D eigenvalue weighted by atomic mass is 10.4. The Kier molecular flexibility index (Phi) is 6.93. The van der Waals surface area contributed by atoms with Crippen molar-refractivity contribution in [1.29, 1.82) is 5.41 Å². The molecular weight excluding hydrogens is 329 g/mol. The first-order valence-electron chi connectivity index (χ1n) is 5.33. The van der Waals surface area contributed by atoms with E-state index in [4.69, 9.17) is 40.2 Å². The van der Waals surface area contributed by atoms with E-state index in [0.29, 0.717) is 12.2 Å². The first-order chi connectivity index (χ1) is 8.89. The highest BCUT2D eigenvalue weighted by Gasteiger charge is 2.30. The monoisotopic (exact) mass is 339 g/mol. The minimum absolute atomic E-state index is 0.0323. The Labute approximate surface area is 130 Å². The van der Waals surface area contributed by atoms with Gasteiger partial charge in [0, 0.05) is 24.1 Å². The number of carbonyl (C=O) groups is 1. The molecule has 0 bridgehead atoms. The van der Waals surface area contributed by atoms with Crippen LogP contribution < -0.4 is 5.32 Å². The van der Waals surface area contributed by atoms with Crippen LogP contribution in [0, 0.1) is 5.41 Å². The number of hydrogen-bond acceptors (Lipinski definition) is 4. The zero-order valence-corrected chi connectivity index (χ0v) is 12.9. The molecule has 1 amide bonds. The minimum atomic E-state index is -2.03. The van der Waals surface area contributed by atoms with Gasteiger partial charge in [0.05, 0.1) is 5.69 Å². The van der Waals surface area contributed by atoms with Crippen LogP contribution in [0.2, 0.25) is 0 Å². The quantitative estimate of drug-likeness (QED) is 0.374. The van der Waals surface area contributed by atoms with E-state index in [-0.39, 0.29) is 5.84 Å². The lowest BCUT2D eigenvalue weighted by Crippen LogP contribution is -2.38. The van der Waals surface area contributed by atoms with Crippen molar-refractivity contribution >= 4 is 58.3 Å². The number of alkyl halides is 3. The van der Waals surface area contributed by atoms with Crippen LogP contribution in [0.3, 0.4) is 0 Å². The third-order valence-corrected chi connectivity index (χ3v) is 3.50. The van der Waals surface area contributed by atoms with Crippen LogP contribution in [0.5, 0.6) is 0 Å². The van der Waals surface area contributed by atoms with Crippen molar-refractivity contribution in [3.05, 3.63) is 30.1 Å². The zero-order chi connectivity index (χ0) is 14.3. The number of rotatable bonds is 5. The molecule has 8 heteroatoms. The highest BCUT2D eigenvalue weighted by Crippen LogP contribution is 2.25. The molecule has 1 aromatic heterocycles. The van der Waals surface area contributed by atoms with Crippen molar-refractivity contribution in [3.63, 3.8) is 0 Å². The molecule has 0 saturated heterocycles. The van der Waals surface area contributed by atoms with Crippen LogP contribution in [0.15, 0.2) is 24.4 Å². The van der Waals surface area contributed by atoms with Gasteiger partial charge in [0.2, 0.25) is 0 Å². The van der Waals surface area contributed by atoms with Crippen LogP contribution in [0.1, 0.15) is 12.1 Å². The van der Waals surface area contributed by atoms with Crippen molar-refractivity contribution in [2.24, 2.45) is 0 Å². The van der Waals surface area contributed by atoms with Gasteiger partial charge in [0.1, 0.15) is 5.84 Å². The Balaban J connectivity index is 2.19. The maximum Gasteiger partial charge on any atom is 0.277 e. The molecule has 0 atom stereocenters. The molecule has 1 aromatic rings. The van der Waals surface area contributed by atoms with Gasteiger partial charge in [-0.05, 0) is 12.1 Å². The van der Waals surface area contributed by atoms with E-state index in [0.717, 1.165) is 11.4 Å². The van der Waals surface area contributed by atoms with E-state index in [1.54, 1.807) is 18.0 Å². The third kappa shape index (κ3) is 7.01. The number of nitrogens with one attached hydrogen (secondary N) is 2. The van der Waals surface area contributed by atoms with E-state index in [1.807, 2.05) is 18.2 Å². The molecule has 19 heavy (non-hydrogen) atoms. The van der Waals surface area contributed by atoms with E-state index < -0.39 is 9.70 Å². The number of nitrogens with zero attached hydrogens (tertiary/aromatic N) is 1. The van der Waals surface area contributed by atoms with Gasteiger partial charge in [-0.2, -0.15) is 11.8 Å². The first kappa shape index (κ1) is 16.6. The number of pyridine rings is 1. The number of amidine groups is 1. The summed E-state index contributed by atoms with van der Waals surface area (Å²) in [6, 6.07) is 5.71. The predicted molar refractivity (Wildman–Crippen MR) is 81.2 cm³/mol. The highest BCUT2D eigenvalue weighted by atomic mass is 35.6. The Bertz CT molecular complexity index is 437. The molecular formula is C11H12Cl3N3OS. The summed E-state index contributed by atoms with van der Waals surface area (Å²) < 4.78 is -2.03. The summed E-state index contributed by atoms with van der Waals surface area (Å²) in [6.07, 6.45) is 2.13. The Morgan fingerprint density at radius 3 is 2.74 bits per heavy atom. The van der Waals surface area contributed by atoms with Crippen LogP contribution in [-0.2, 0) is 10.5 Å². The van der Waals surface area contributed by atoms with Crippen LogP contribution in [0.4, 0.5) is 0 Å². The first-order valence-corrected chi connectivity index (χ1v) is 7.61. The lowest BCUT2D eigenvalue weighted by molar-refractivity contribution is -0.118. The number of carbonyl (C=O) groups excluding carboxylic acids is 1. The lowest BCUT2D eigenvalue weighted by Gasteiger charge is -2.11. The fourth-order valence-electron chi connectivity index (χ4n) is 1.10. The molecule has 1 rings (SSSR count). The molecule has 0 aliphatic heterocycles. The molecule has 0 spiro atoms. The number of amides is 1. The number of aromatic nitrogens is 1. The van der Waals surface area contributed by atoms with Gasteiger partial charge in [-0.15, -0.1) is 0 Å². The second kappa shape index (κ2) is 7.94. The molecule has 4 nitrogen and oxygen atoms in total. The summed E-state index contributed by atoms with van der Waals surface area (Å²) >= 11 is 17.7. The van der Waals surface area contributed by atoms with Gasteiger partial charge >= 0.3 is 0 Å². The summed E-state index contributed by atoms with van der Waals surface area (Å²) in [5, 5.41) is 9.78. The van der Waals surface area contributed by atoms with Crippen LogP contribution >= 0.6 is 46.6 Å². The minimum Gasteiger partial charge on any atom is -0.311 e. The summed E-state index contributed by atoms with van der Waals surface area (Å²) in [4.78, 5) is 15.4. The van der Waals surface area contributed by atoms with Gasteiger partial charge in [0.15, 0.2) is 0 Å². The molecule has 0 aliphatic carbocycles. The van der Waals surface area contributed by atoms with Crippen molar-refractivity contribution in [2.75, 3.05) is 5.75 Å². The molecule has 0 aromatic carbocycles. The maximum absolute atomic E-state index is 11.3. The summed E-state index contributed by atoms with van der Waals surface area (Å²) in [7, 11) is 0. The van der Waals surface area contributed by atoms with E-state index in [2.05, 4.69) is 10.3 Å². The zero-order valence-electron chi connectivity index (χ0n) is 9.83. The second-order valence-electron chi connectivity index (χ2n) is 3.55. The van der Waals surface area contributed by atoms with E-state index >= 15 is 0 Å². The fourth-order valence-corrected chi connectivity index (χ4v) is 2.12. The standard InChI is InChI=1S/C11H12Cl3N3OS/c12-11(13,14)10(18)17-9(15)4-6-19-7-8-3-1-2-5-16-8/h1-3,5H,4,6-7H2,(H2,15,17,18). The molecule has 0 radical (unpaired) electrons. The smallest absolute Gasteiger partial charge is 0.277 e. The fraction of sp³-hybridized carbons (Fsp3) is 0.364. The third-order valence-electron chi connectivity index (χ3n) is 1.99. The van der Waals surface area contributed by atoms with Crippen molar-refractivity contribution < 1.29 is 4.79 Å². The van der Waals surface area contributed by atoms with Crippen molar-refractivity contribution in [2.45, 2.75) is 16.0 Å². The average Bonchev–Trinajstić information content (AvgIpc) is 2.35. The number of hydrogen-bond donors (Lipinski definition) is 2. The predicted octanol–water partition coefficient (Wildman–Crippen LogP) is 3.17. The molecule has 2 N–H and O–H groups in total. The Morgan fingerprint density at radius 2 is 2.16 bits per heavy atom. The average molecular weight is 341 g/mol. The SMILES string of the molecule is N=C(CCSCc1ccccn1)NC(=O)C(Cl)(Cl)Cl. The normalized spacial score (nSPS) is 11.1. The number of thioether (sulfide) groups is 1. The Morgan fingerprint density at radius 1 is 1.42 bits per heavy atom. The van der Waals surface area contributed by atoms with Gasteiger partial charge in [-0.1, -0.05) is 40.9 Å². The van der Waals surface area contributed by atoms with Gasteiger partial charge < -0.3 is 5.32 Å². The topological polar surface area (TPSA) is 65.8 Å². The molecule has 104 valence electrons. The molecule has 0 fully saturated rings. The molecule has 0 aliphatic rings. The van der Waals surface area contributed by atoms with Crippen molar-refractivity contribution in [1.82, 2.24) is 10.3 Å². The van der Waals surface area contributed by atoms with Gasteiger partial charge in [-0.25, -0.2) is 0 Å². The molecule has 0 saturated carbocycles. The van der Waals surface area contributed by atoms with Crippen molar-refractivity contribution in [3.8, 4) is 0 Å². The summed E-state index contributed by atoms with van der Waals surface area (Å²) in [6.45, 7) is 0. The largest absolute Gasteiger partial charge is 0.311 e. The van der Waals surface area contributed by atoms with Crippen LogP contribution in [-0.4, -0.2) is 26.3 Å². The van der Waals surface area contributed by atoms with E-state index in [1.165, 1.54) is 0 Å². The summed E-state index contributed by atoms with van der Waals surface area (Å²) in [5.41, 5.74) is 0.976.